The van der Waals surface area contributed by atoms with E-state index in [-0.39, 0.29) is 12.4 Å². The number of halogens is 2. The molecule has 0 bridgehead atoms. The highest BCUT2D eigenvalue weighted by atomic mass is 79.9. The van der Waals surface area contributed by atoms with Crippen molar-refractivity contribution in [3.05, 3.63) is 34.1 Å². The van der Waals surface area contributed by atoms with E-state index < -0.39 is 17.9 Å². The Morgan fingerprint density at radius 2 is 2.18 bits per heavy atom. The lowest BCUT2D eigenvalue weighted by Crippen LogP contribution is -2.38. The molecule has 94 valence electrons. The quantitative estimate of drug-likeness (QED) is 0.893. The van der Waals surface area contributed by atoms with Gasteiger partial charge in [0.25, 0.3) is 0 Å². The SMILES string of the molecule is CC(C)(CNC(=O)CO)c1cc(Br)ccc1F. The van der Waals surface area contributed by atoms with Gasteiger partial charge in [-0.05, 0) is 23.8 Å². The standard InChI is InChI=1S/C12H15BrFNO2/c1-12(2,7-15-11(17)6-16)9-5-8(13)3-4-10(9)14/h3-5,16H,6-7H2,1-2H3,(H,15,17). The normalized spacial score (nSPS) is 11.4. The Balaban J connectivity index is 2.88. The van der Waals surface area contributed by atoms with Gasteiger partial charge in [-0.3, -0.25) is 4.79 Å². The van der Waals surface area contributed by atoms with Gasteiger partial charge in [0, 0.05) is 16.4 Å². The molecule has 17 heavy (non-hydrogen) atoms. The molecule has 0 saturated heterocycles. The van der Waals surface area contributed by atoms with Crippen LogP contribution in [0.3, 0.4) is 0 Å². The third-order valence-corrected chi connectivity index (χ3v) is 3.02. The number of hydrogen-bond acceptors (Lipinski definition) is 2. The predicted octanol–water partition coefficient (Wildman–Crippen LogP) is 1.97. The number of benzene rings is 1. The zero-order chi connectivity index (χ0) is 13.1. The molecule has 3 nitrogen and oxygen atoms in total. The van der Waals surface area contributed by atoms with Gasteiger partial charge in [0.15, 0.2) is 0 Å². The molecule has 0 aliphatic heterocycles. The minimum atomic E-state index is -0.558. The maximum Gasteiger partial charge on any atom is 0.245 e. The average Bonchev–Trinajstić information content (AvgIpc) is 2.29. The highest BCUT2D eigenvalue weighted by molar-refractivity contribution is 9.10. The molecule has 1 amide bonds. The first-order chi connectivity index (χ1) is 7.86. The Labute approximate surface area is 108 Å². The van der Waals surface area contributed by atoms with Crippen LogP contribution in [0.4, 0.5) is 4.39 Å². The third-order valence-electron chi connectivity index (χ3n) is 2.53. The van der Waals surface area contributed by atoms with Gasteiger partial charge in [0.05, 0.1) is 0 Å². The van der Waals surface area contributed by atoms with Crippen molar-refractivity contribution in [1.82, 2.24) is 5.32 Å². The number of hydrogen-bond donors (Lipinski definition) is 2. The van der Waals surface area contributed by atoms with Gasteiger partial charge in [-0.25, -0.2) is 4.39 Å². The Hall–Kier alpha value is -0.940. The Kier molecular flexibility index (Phi) is 4.65. The van der Waals surface area contributed by atoms with Gasteiger partial charge < -0.3 is 10.4 Å². The molecule has 0 fully saturated rings. The lowest BCUT2D eigenvalue weighted by molar-refractivity contribution is -0.124. The predicted molar refractivity (Wildman–Crippen MR) is 67.2 cm³/mol. The summed E-state index contributed by atoms with van der Waals surface area (Å²) in [6.45, 7) is 3.36. The fourth-order valence-corrected chi connectivity index (χ4v) is 1.85. The Morgan fingerprint density at radius 1 is 1.53 bits per heavy atom. The van der Waals surface area contributed by atoms with E-state index in [1.165, 1.54) is 6.07 Å². The van der Waals surface area contributed by atoms with E-state index >= 15 is 0 Å². The van der Waals surface area contributed by atoms with Crippen molar-refractivity contribution in [1.29, 1.82) is 0 Å². The van der Waals surface area contributed by atoms with Crippen molar-refractivity contribution in [3.63, 3.8) is 0 Å². The average molecular weight is 304 g/mol. The number of aliphatic hydroxyl groups is 1. The second kappa shape index (κ2) is 5.60. The molecule has 0 aromatic heterocycles. The number of nitrogens with one attached hydrogen (secondary N) is 1. The zero-order valence-electron chi connectivity index (χ0n) is 9.76. The van der Waals surface area contributed by atoms with E-state index in [4.69, 9.17) is 5.11 Å². The van der Waals surface area contributed by atoms with E-state index in [1.807, 2.05) is 13.8 Å². The third kappa shape index (κ3) is 3.78. The van der Waals surface area contributed by atoms with Crippen LogP contribution in [0.2, 0.25) is 0 Å². The molecule has 1 rings (SSSR count). The molecule has 0 radical (unpaired) electrons. The van der Waals surface area contributed by atoms with Crippen LogP contribution < -0.4 is 5.32 Å². The smallest absolute Gasteiger partial charge is 0.245 e. The van der Waals surface area contributed by atoms with Crippen molar-refractivity contribution in [2.45, 2.75) is 19.3 Å². The van der Waals surface area contributed by atoms with Gasteiger partial charge >= 0.3 is 0 Å². The summed E-state index contributed by atoms with van der Waals surface area (Å²) in [6, 6.07) is 4.71. The first-order valence-electron chi connectivity index (χ1n) is 5.20. The number of rotatable bonds is 4. The summed E-state index contributed by atoms with van der Waals surface area (Å²) in [5.74, 6) is -0.773. The van der Waals surface area contributed by atoms with Crippen LogP contribution in [0.1, 0.15) is 19.4 Å². The molecule has 1 aromatic rings. The van der Waals surface area contributed by atoms with E-state index in [0.717, 1.165) is 4.47 Å². The summed E-state index contributed by atoms with van der Waals surface area (Å²) < 4.78 is 14.5. The summed E-state index contributed by atoms with van der Waals surface area (Å²) >= 11 is 3.29. The van der Waals surface area contributed by atoms with E-state index in [1.54, 1.807) is 12.1 Å². The van der Waals surface area contributed by atoms with Crippen molar-refractivity contribution >= 4 is 21.8 Å². The Bertz CT molecular complexity index is 421. The van der Waals surface area contributed by atoms with Crippen LogP contribution >= 0.6 is 15.9 Å². The molecular formula is C12H15BrFNO2. The van der Waals surface area contributed by atoms with E-state index in [2.05, 4.69) is 21.2 Å². The monoisotopic (exact) mass is 303 g/mol. The molecule has 0 unspecified atom stereocenters. The second-order valence-electron chi connectivity index (χ2n) is 4.44. The van der Waals surface area contributed by atoms with Crippen LogP contribution in [0.15, 0.2) is 22.7 Å². The first kappa shape index (κ1) is 14.1. The molecule has 0 heterocycles. The summed E-state index contributed by atoms with van der Waals surface area (Å²) in [5.41, 5.74) is -0.0243. The fourth-order valence-electron chi connectivity index (χ4n) is 1.49. The van der Waals surface area contributed by atoms with Crippen LogP contribution in [0, 0.1) is 5.82 Å². The van der Waals surface area contributed by atoms with E-state index in [0.29, 0.717) is 5.56 Å². The molecular weight excluding hydrogens is 289 g/mol. The summed E-state index contributed by atoms with van der Waals surface area (Å²) in [5, 5.41) is 11.2. The number of aliphatic hydroxyl groups excluding tert-OH is 1. The van der Waals surface area contributed by atoms with Crippen LogP contribution in [0.5, 0.6) is 0 Å². The van der Waals surface area contributed by atoms with Gasteiger partial charge in [-0.2, -0.15) is 0 Å². The van der Waals surface area contributed by atoms with Crippen LogP contribution in [-0.2, 0) is 10.2 Å². The van der Waals surface area contributed by atoms with Crippen molar-refractivity contribution in [2.75, 3.05) is 13.2 Å². The van der Waals surface area contributed by atoms with E-state index in [9.17, 15) is 9.18 Å². The fraction of sp³-hybridized carbons (Fsp3) is 0.417. The first-order valence-corrected chi connectivity index (χ1v) is 5.99. The zero-order valence-corrected chi connectivity index (χ0v) is 11.3. The van der Waals surface area contributed by atoms with Gasteiger partial charge in [-0.15, -0.1) is 0 Å². The maximum absolute atomic E-state index is 13.7. The number of carbonyl (C=O) groups is 1. The van der Waals surface area contributed by atoms with Crippen LogP contribution in [-0.4, -0.2) is 24.2 Å². The highest BCUT2D eigenvalue weighted by Gasteiger charge is 2.24. The molecule has 0 spiro atoms. The number of amides is 1. The topological polar surface area (TPSA) is 49.3 Å². The van der Waals surface area contributed by atoms with Gasteiger partial charge in [-0.1, -0.05) is 29.8 Å². The largest absolute Gasteiger partial charge is 0.387 e. The lowest BCUT2D eigenvalue weighted by atomic mass is 9.84. The van der Waals surface area contributed by atoms with Crippen molar-refractivity contribution in [2.24, 2.45) is 0 Å². The lowest BCUT2D eigenvalue weighted by Gasteiger charge is -2.26. The number of carbonyl (C=O) groups excluding carboxylic acids is 1. The van der Waals surface area contributed by atoms with Gasteiger partial charge in [0.1, 0.15) is 12.4 Å². The summed E-state index contributed by atoms with van der Waals surface area (Å²) in [4.78, 5) is 11.0. The summed E-state index contributed by atoms with van der Waals surface area (Å²) in [7, 11) is 0. The molecule has 0 aliphatic carbocycles. The molecule has 1 aromatic carbocycles. The van der Waals surface area contributed by atoms with Gasteiger partial charge in [0.2, 0.25) is 5.91 Å². The summed E-state index contributed by atoms with van der Waals surface area (Å²) in [6.07, 6.45) is 0. The molecule has 5 heteroatoms. The highest BCUT2D eigenvalue weighted by Crippen LogP contribution is 2.27. The molecule has 0 saturated carbocycles. The molecule has 2 N–H and O–H groups in total. The minimum Gasteiger partial charge on any atom is -0.387 e. The van der Waals surface area contributed by atoms with Crippen LogP contribution in [0.25, 0.3) is 0 Å². The molecule has 0 atom stereocenters. The van der Waals surface area contributed by atoms with Crippen molar-refractivity contribution in [3.8, 4) is 0 Å². The maximum atomic E-state index is 13.7. The Morgan fingerprint density at radius 3 is 2.76 bits per heavy atom. The second-order valence-corrected chi connectivity index (χ2v) is 5.36. The molecule has 0 aliphatic rings. The minimum absolute atomic E-state index is 0.264. The van der Waals surface area contributed by atoms with Crippen molar-refractivity contribution < 1.29 is 14.3 Å².